The van der Waals surface area contributed by atoms with Gasteiger partial charge < -0.3 is 5.21 Å². The topological polar surface area (TPSA) is 57.8 Å². The lowest BCUT2D eigenvalue weighted by molar-refractivity contribution is 0.322. The van der Waals surface area contributed by atoms with Crippen molar-refractivity contribution in [2.24, 2.45) is 10.1 Å². The molecule has 0 spiro atoms. The van der Waals surface area contributed by atoms with Gasteiger partial charge in [-0.15, -0.1) is 6.58 Å². The maximum absolute atomic E-state index is 8.60. The number of oxime groups is 1. The van der Waals surface area contributed by atoms with E-state index >= 15 is 0 Å². The second-order valence-corrected chi connectivity index (χ2v) is 3.77. The van der Waals surface area contributed by atoms with Crippen LogP contribution in [0.4, 0.5) is 0 Å². The average Bonchev–Trinajstić information content (AvgIpc) is 2.35. The Balaban J connectivity index is 3.07. The van der Waals surface area contributed by atoms with Crippen LogP contribution in [0.25, 0.3) is 0 Å². The van der Waals surface area contributed by atoms with E-state index in [0.717, 1.165) is 5.56 Å². The van der Waals surface area contributed by atoms with Gasteiger partial charge in [0.25, 0.3) is 0 Å². The lowest BCUT2D eigenvalue weighted by Gasteiger charge is -2.14. The first-order valence-corrected chi connectivity index (χ1v) is 5.47. The van der Waals surface area contributed by atoms with Crippen LogP contribution in [0.1, 0.15) is 17.9 Å². The summed E-state index contributed by atoms with van der Waals surface area (Å²) < 4.78 is 0. The lowest BCUT2D eigenvalue weighted by Crippen LogP contribution is -2.14. The molecule has 1 unspecified atom stereocenters. The predicted octanol–water partition coefficient (Wildman–Crippen LogP) is 2.93. The Morgan fingerprint density at radius 2 is 2.41 bits per heavy atom. The molecule has 1 aromatic rings. The third kappa shape index (κ3) is 3.67. The molecule has 1 atom stereocenters. The Hall–Kier alpha value is -1.68. The molecule has 0 amide bonds. The van der Waals surface area contributed by atoms with E-state index in [9.17, 15) is 0 Å². The smallest absolute Gasteiger partial charge is 0.129 e. The molecule has 17 heavy (non-hydrogen) atoms. The fourth-order valence-electron chi connectivity index (χ4n) is 1.55. The Morgan fingerprint density at radius 1 is 1.65 bits per heavy atom. The van der Waals surface area contributed by atoms with Gasteiger partial charge in [-0.25, -0.2) is 4.98 Å². The van der Waals surface area contributed by atoms with E-state index in [-0.39, 0.29) is 5.92 Å². The molecule has 0 aliphatic carbocycles. The van der Waals surface area contributed by atoms with Gasteiger partial charge in [0, 0.05) is 19.2 Å². The molecule has 0 saturated heterocycles. The summed E-state index contributed by atoms with van der Waals surface area (Å²) in [6, 6.07) is 3.59. The first-order valence-electron chi connectivity index (χ1n) is 5.09. The zero-order valence-corrected chi connectivity index (χ0v) is 10.3. The zero-order chi connectivity index (χ0) is 12.7. The number of hydrogen-bond acceptors (Lipinski definition) is 4. The highest BCUT2D eigenvalue weighted by atomic mass is 35.5. The van der Waals surface area contributed by atoms with Gasteiger partial charge in [-0.2, -0.15) is 0 Å². The fourth-order valence-corrected chi connectivity index (χ4v) is 1.66. The third-order valence-corrected chi connectivity index (χ3v) is 2.58. The highest BCUT2D eigenvalue weighted by Gasteiger charge is 2.15. The number of aromatic nitrogens is 1. The van der Waals surface area contributed by atoms with Gasteiger partial charge >= 0.3 is 0 Å². The maximum Gasteiger partial charge on any atom is 0.129 e. The molecule has 1 N–H and O–H groups in total. The predicted molar refractivity (Wildman–Crippen MR) is 70.4 cm³/mol. The first kappa shape index (κ1) is 13.4. The molecule has 1 aromatic heterocycles. The van der Waals surface area contributed by atoms with Crippen LogP contribution in [0.15, 0.2) is 41.1 Å². The van der Waals surface area contributed by atoms with E-state index in [2.05, 4.69) is 21.7 Å². The number of aliphatic imine (C=N–C) groups is 1. The van der Waals surface area contributed by atoms with E-state index < -0.39 is 0 Å². The van der Waals surface area contributed by atoms with E-state index in [1.807, 2.05) is 6.07 Å². The Bertz CT molecular complexity index is 426. The number of halogens is 1. The summed E-state index contributed by atoms with van der Waals surface area (Å²) in [5.41, 5.74) is 1.62. The van der Waals surface area contributed by atoms with Gasteiger partial charge in [0.2, 0.25) is 0 Å². The standard InChI is InChI=1S/C12H14ClN3O/c1-3-4-10(11(14-2)8-16-17)9-5-6-12(13)15-7-9/h3,5-8,10,17H,1,4H2,2H3. The summed E-state index contributed by atoms with van der Waals surface area (Å²) in [5, 5.41) is 12.1. The Morgan fingerprint density at radius 3 is 2.88 bits per heavy atom. The Labute approximate surface area is 105 Å². The highest BCUT2D eigenvalue weighted by Crippen LogP contribution is 2.22. The van der Waals surface area contributed by atoms with Crippen molar-refractivity contribution in [2.45, 2.75) is 12.3 Å². The fraction of sp³-hybridized carbons (Fsp3) is 0.250. The second-order valence-electron chi connectivity index (χ2n) is 3.38. The first-order chi connectivity index (χ1) is 8.22. The van der Waals surface area contributed by atoms with Gasteiger partial charge in [-0.1, -0.05) is 28.9 Å². The van der Waals surface area contributed by atoms with Crippen molar-refractivity contribution in [3.8, 4) is 0 Å². The van der Waals surface area contributed by atoms with Gasteiger partial charge in [0.15, 0.2) is 0 Å². The summed E-state index contributed by atoms with van der Waals surface area (Å²) in [5.74, 6) is -0.0295. The summed E-state index contributed by atoms with van der Waals surface area (Å²) >= 11 is 5.74. The van der Waals surface area contributed by atoms with Crippen molar-refractivity contribution < 1.29 is 5.21 Å². The molecule has 0 aliphatic heterocycles. The molecular weight excluding hydrogens is 238 g/mol. The van der Waals surface area contributed by atoms with Crippen LogP contribution in [-0.2, 0) is 0 Å². The maximum atomic E-state index is 8.60. The molecule has 90 valence electrons. The molecule has 0 bridgehead atoms. The van der Waals surface area contributed by atoms with Crippen LogP contribution in [0.3, 0.4) is 0 Å². The number of pyridine rings is 1. The molecule has 0 aromatic carbocycles. The van der Waals surface area contributed by atoms with Crippen LogP contribution in [0.5, 0.6) is 0 Å². The minimum atomic E-state index is -0.0295. The molecule has 0 radical (unpaired) electrons. The summed E-state index contributed by atoms with van der Waals surface area (Å²) in [6.07, 6.45) is 5.48. The SMILES string of the molecule is C=CCC(C(C=NO)=NC)c1ccc(Cl)nc1. The molecule has 0 fully saturated rings. The summed E-state index contributed by atoms with van der Waals surface area (Å²) in [6.45, 7) is 3.71. The zero-order valence-electron chi connectivity index (χ0n) is 9.55. The monoisotopic (exact) mass is 251 g/mol. The number of rotatable bonds is 5. The number of nitrogens with zero attached hydrogens (tertiary/aromatic N) is 3. The average molecular weight is 252 g/mol. The molecule has 4 nitrogen and oxygen atoms in total. The van der Waals surface area contributed by atoms with Crippen molar-refractivity contribution >= 4 is 23.5 Å². The van der Waals surface area contributed by atoms with Crippen molar-refractivity contribution in [1.82, 2.24) is 4.98 Å². The Kier molecular flexibility index (Phi) is 5.36. The van der Waals surface area contributed by atoms with Crippen LogP contribution < -0.4 is 0 Å². The van der Waals surface area contributed by atoms with E-state index in [1.54, 1.807) is 25.4 Å². The minimum Gasteiger partial charge on any atom is -0.411 e. The van der Waals surface area contributed by atoms with E-state index in [1.165, 1.54) is 6.21 Å². The minimum absolute atomic E-state index is 0.0295. The number of hydrogen-bond donors (Lipinski definition) is 1. The van der Waals surface area contributed by atoms with Gasteiger partial charge in [-0.05, 0) is 18.1 Å². The molecule has 1 rings (SSSR count). The molecule has 0 saturated carbocycles. The largest absolute Gasteiger partial charge is 0.411 e. The molecular formula is C12H14ClN3O. The molecule has 5 heteroatoms. The quantitative estimate of drug-likeness (QED) is 0.288. The van der Waals surface area contributed by atoms with Crippen LogP contribution in [0.2, 0.25) is 5.15 Å². The van der Waals surface area contributed by atoms with Crippen molar-refractivity contribution in [2.75, 3.05) is 7.05 Å². The van der Waals surface area contributed by atoms with Crippen molar-refractivity contribution in [3.05, 3.63) is 41.7 Å². The molecule has 1 heterocycles. The normalized spacial score (nSPS) is 13.9. The lowest BCUT2D eigenvalue weighted by atomic mass is 9.92. The van der Waals surface area contributed by atoms with Crippen LogP contribution in [0, 0.1) is 0 Å². The highest BCUT2D eigenvalue weighted by molar-refractivity contribution is 6.33. The van der Waals surface area contributed by atoms with Crippen LogP contribution >= 0.6 is 11.6 Å². The number of allylic oxidation sites excluding steroid dienone is 1. The summed E-state index contributed by atoms with van der Waals surface area (Å²) in [4.78, 5) is 8.12. The molecule has 0 aliphatic rings. The van der Waals surface area contributed by atoms with E-state index in [0.29, 0.717) is 17.3 Å². The summed E-state index contributed by atoms with van der Waals surface area (Å²) in [7, 11) is 1.65. The second kappa shape index (κ2) is 6.81. The van der Waals surface area contributed by atoms with Gasteiger partial charge in [-0.3, -0.25) is 4.99 Å². The third-order valence-electron chi connectivity index (χ3n) is 2.36. The van der Waals surface area contributed by atoms with Crippen LogP contribution in [-0.4, -0.2) is 29.2 Å². The van der Waals surface area contributed by atoms with Crippen molar-refractivity contribution in [1.29, 1.82) is 0 Å². The van der Waals surface area contributed by atoms with Gasteiger partial charge in [0.1, 0.15) is 5.15 Å². The van der Waals surface area contributed by atoms with E-state index in [4.69, 9.17) is 16.8 Å². The van der Waals surface area contributed by atoms with Gasteiger partial charge in [0.05, 0.1) is 11.9 Å². The van der Waals surface area contributed by atoms with Crippen molar-refractivity contribution in [3.63, 3.8) is 0 Å².